The topological polar surface area (TPSA) is 58.4 Å². The van der Waals surface area contributed by atoms with Gasteiger partial charge in [-0.25, -0.2) is 0 Å². The molecule has 1 aliphatic rings. The van der Waals surface area contributed by atoms with Crippen LogP contribution in [0.15, 0.2) is 24.3 Å². The lowest BCUT2D eigenvalue weighted by Crippen LogP contribution is -2.45. The normalized spacial score (nSPS) is 17.9. The molecule has 110 valence electrons. The third kappa shape index (κ3) is 3.77. The maximum Gasteiger partial charge on any atom is 0.269 e. The number of hydrogen-bond donors (Lipinski definition) is 1. The number of benzene rings is 1. The minimum absolute atomic E-state index is 0.170. The Hall–Kier alpha value is -1.46. The summed E-state index contributed by atoms with van der Waals surface area (Å²) in [5, 5.41) is 14.1. The van der Waals surface area contributed by atoms with E-state index in [1.807, 2.05) is 12.1 Å². The molecule has 0 amide bonds. The second-order valence-corrected chi connectivity index (χ2v) is 5.29. The molecule has 5 heteroatoms. The van der Waals surface area contributed by atoms with Crippen LogP contribution >= 0.6 is 0 Å². The van der Waals surface area contributed by atoms with Crippen molar-refractivity contribution in [2.45, 2.75) is 32.2 Å². The van der Waals surface area contributed by atoms with E-state index in [2.05, 4.69) is 17.1 Å². The van der Waals surface area contributed by atoms with Crippen LogP contribution in [-0.4, -0.2) is 36.0 Å². The van der Waals surface area contributed by atoms with Gasteiger partial charge < -0.3 is 5.32 Å². The molecule has 0 spiro atoms. The van der Waals surface area contributed by atoms with E-state index < -0.39 is 0 Å². The highest BCUT2D eigenvalue weighted by atomic mass is 16.6. The number of nitro benzene ring substituents is 1. The number of piperazine rings is 1. The molecule has 0 saturated carbocycles. The molecular weight excluding hydrogens is 254 g/mol. The first-order valence-corrected chi connectivity index (χ1v) is 7.41. The van der Waals surface area contributed by atoms with Crippen molar-refractivity contribution in [2.75, 3.05) is 26.2 Å². The lowest BCUT2D eigenvalue weighted by molar-refractivity contribution is -0.384. The van der Waals surface area contributed by atoms with E-state index in [4.69, 9.17) is 0 Å². The monoisotopic (exact) mass is 277 g/mol. The zero-order chi connectivity index (χ0) is 14.4. The second-order valence-electron chi connectivity index (χ2n) is 5.29. The van der Waals surface area contributed by atoms with Crippen molar-refractivity contribution in [1.29, 1.82) is 0 Å². The summed E-state index contributed by atoms with van der Waals surface area (Å²) in [4.78, 5) is 12.9. The molecule has 0 unspecified atom stereocenters. The molecule has 0 bridgehead atoms. The number of nitro groups is 1. The fourth-order valence-corrected chi connectivity index (χ4v) is 2.77. The van der Waals surface area contributed by atoms with Crippen LogP contribution in [0, 0.1) is 10.1 Å². The lowest BCUT2D eigenvalue weighted by atomic mass is 9.98. The van der Waals surface area contributed by atoms with Crippen molar-refractivity contribution in [3.05, 3.63) is 39.9 Å². The standard InChI is InChI=1S/C15H23N3O2/c1-2-3-4-15(17-11-9-16-10-12-17)13-5-7-14(8-6-13)18(19)20/h5-8,15-16H,2-4,9-12H2,1H3/t15-/m1/s1. The summed E-state index contributed by atoms with van der Waals surface area (Å²) < 4.78 is 0. The Morgan fingerprint density at radius 1 is 1.30 bits per heavy atom. The van der Waals surface area contributed by atoms with Gasteiger partial charge in [-0.2, -0.15) is 0 Å². The zero-order valence-corrected chi connectivity index (χ0v) is 12.0. The van der Waals surface area contributed by atoms with Gasteiger partial charge in [-0.3, -0.25) is 15.0 Å². The predicted octanol–water partition coefficient (Wildman–Crippen LogP) is 2.73. The Bertz CT molecular complexity index is 427. The van der Waals surface area contributed by atoms with Crippen LogP contribution in [0.4, 0.5) is 5.69 Å². The van der Waals surface area contributed by atoms with Crippen LogP contribution < -0.4 is 5.32 Å². The second kappa shape index (κ2) is 7.36. The molecule has 1 aliphatic heterocycles. The van der Waals surface area contributed by atoms with E-state index in [1.54, 1.807) is 12.1 Å². The van der Waals surface area contributed by atoms with Crippen molar-refractivity contribution < 1.29 is 4.92 Å². The smallest absolute Gasteiger partial charge is 0.269 e. The molecule has 1 fully saturated rings. The molecule has 1 aromatic rings. The van der Waals surface area contributed by atoms with Gasteiger partial charge in [0.15, 0.2) is 0 Å². The van der Waals surface area contributed by atoms with Crippen LogP contribution in [0.5, 0.6) is 0 Å². The van der Waals surface area contributed by atoms with Crippen molar-refractivity contribution in [3.8, 4) is 0 Å². The highest BCUT2D eigenvalue weighted by molar-refractivity contribution is 5.34. The van der Waals surface area contributed by atoms with Crippen LogP contribution in [-0.2, 0) is 0 Å². The van der Waals surface area contributed by atoms with Gasteiger partial charge in [-0.05, 0) is 12.0 Å². The molecule has 2 rings (SSSR count). The average Bonchev–Trinajstić information content (AvgIpc) is 2.49. The fourth-order valence-electron chi connectivity index (χ4n) is 2.77. The molecule has 0 aliphatic carbocycles. The summed E-state index contributed by atoms with van der Waals surface area (Å²) in [6.07, 6.45) is 3.48. The van der Waals surface area contributed by atoms with Crippen LogP contribution in [0.25, 0.3) is 0 Å². The van der Waals surface area contributed by atoms with Crippen LogP contribution in [0.3, 0.4) is 0 Å². The largest absolute Gasteiger partial charge is 0.314 e. The Kier molecular flexibility index (Phi) is 5.49. The maximum atomic E-state index is 10.7. The summed E-state index contributed by atoms with van der Waals surface area (Å²) >= 11 is 0. The predicted molar refractivity (Wildman–Crippen MR) is 79.8 cm³/mol. The van der Waals surface area contributed by atoms with Gasteiger partial charge in [0.05, 0.1) is 4.92 Å². The highest BCUT2D eigenvalue weighted by Crippen LogP contribution is 2.28. The van der Waals surface area contributed by atoms with Crippen molar-refractivity contribution in [1.82, 2.24) is 10.2 Å². The van der Waals surface area contributed by atoms with Gasteiger partial charge in [-0.15, -0.1) is 0 Å². The summed E-state index contributed by atoms with van der Waals surface area (Å²) in [7, 11) is 0. The lowest BCUT2D eigenvalue weighted by Gasteiger charge is -2.35. The first-order chi connectivity index (χ1) is 9.72. The first kappa shape index (κ1) is 14.9. The minimum atomic E-state index is -0.338. The average molecular weight is 277 g/mol. The molecule has 20 heavy (non-hydrogen) atoms. The highest BCUT2D eigenvalue weighted by Gasteiger charge is 2.22. The fraction of sp³-hybridized carbons (Fsp3) is 0.600. The molecule has 1 saturated heterocycles. The van der Waals surface area contributed by atoms with Gasteiger partial charge in [-0.1, -0.05) is 31.9 Å². The summed E-state index contributed by atoms with van der Waals surface area (Å²) in [6.45, 7) is 6.34. The first-order valence-electron chi connectivity index (χ1n) is 7.41. The summed E-state index contributed by atoms with van der Waals surface area (Å²) in [5.41, 5.74) is 1.37. The van der Waals surface area contributed by atoms with Gasteiger partial charge in [0.2, 0.25) is 0 Å². The van der Waals surface area contributed by atoms with E-state index in [0.717, 1.165) is 32.6 Å². The SMILES string of the molecule is CCCC[C@H](c1ccc([N+](=O)[O-])cc1)N1CCNCC1. The Labute approximate surface area is 120 Å². The number of hydrogen-bond acceptors (Lipinski definition) is 4. The van der Waals surface area contributed by atoms with E-state index >= 15 is 0 Å². The van der Waals surface area contributed by atoms with E-state index in [1.165, 1.54) is 18.4 Å². The third-order valence-electron chi connectivity index (χ3n) is 3.91. The zero-order valence-electron chi connectivity index (χ0n) is 12.0. The van der Waals surface area contributed by atoms with Crippen molar-refractivity contribution >= 4 is 5.69 Å². The molecule has 5 nitrogen and oxygen atoms in total. The van der Waals surface area contributed by atoms with E-state index in [0.29, 0.717) is 6.04 Å². The Morgan fingerprint density at radius 2 is 1.95 bits per heavy atom. The molecule has 0 radical (unpaired) electrons. The van der Waals surface area contributed by atoms with Gasteiger partial charge in [0.1, 0.15) is 0 Å². The van der Waals surface area contributed by atoms with E-state index in [9.17, 15) is 10.1 Å². The number of non-ortho nitro benzene ring substituents is 1. The quantitative estimate of drug-likeness (QED) is 0.641. The Morgan fingerprint density at radius 3 is 2.50 bits per heavy atom. The van der Waals surface area contributed by atoms with Crippen LogP contribution in [0.2, 0.25) is 0 Å². The number of unbranched alkanes of at least 4 members (excludes halogenated alkanes) is 1. The van der Waals surface area contributed by atoms with Gasteiger partial charge in [0.25, 0.3) is 5.69 Å². The number of nitrogens with one attached hydrogen (secondary N) is 1. The van der Waals surface area contributed by atoms with Crippen LogP contribution in [0.1, 0.15) is 37.8 Å². The molecule has 0 aromatic heterocycles. The third-order valence-corrected chi connectivity index (χ3v) is 3.91. The van der Waals surface area contributed by atoms with Crippen molar-refractivity contribution in [2.24, 2.45) is 0 Å². The van der Waals surface area contributed by atoms with Gasteiger partial charge >= 0.3 is 0 Å². The summed E-state index contributed by atoms with van der Waals surface area (Å²) in [6, 6.07) is 7.46. The number of rotatable bonds is 6. The Balaban J connectivity index is 2.13. The molecule has 1 atom stereocenters. The van der Waals surface area contributed by atoms with Crippen molar-refractivity contribution in [3.63, 3.8) is 0 Å². The summed E-state index contributed by atoms with van der Waals surface area (Å²) in [5.74, 6) is 0. The van der Waals surface area contributed by atoms with E-state index in [-0.39, 0.29) is 10.6 Å². The number of nitrogens with zero attached hydrogens (tertiary/aromatic N) is 2. The van der Waals surface area contributed by atoms with Gasteiger partial charge in [0, 0.05) is 44.4 Å². The molecule has 1 aromatic carbocycles. The molecule has 1 heterocycles. The maximum absolute atomic E-state index is 10.7. The molecule has 1 N–H and O–H groups in total. The minimum Gasteiger partial charge on any atom is -0.314 e. The molecular formula is C15H23N3O2.